The van der Waals surface area contributed by atoms with Crippen molar-refractivity contribution in [2.45, 2.75) is 6.54 Å². The zero-order chi connectivity index (χ0) is 13.8. The number of nitrogens with zero attached hydrogens (tertiary/aromatic N) is 5. The van der Waals surface area contributed by atoms with Gasteiger partial charge >= 0.3 is 0 Å². The summed E-state index contributed by atoms with van der Waals surface area (Å²) in [7, 11) is 2.01. The maximum atomic E-state index is 4.28. The van der Waals surface area contributed by atoms with Crippen LogP contribution in [0.1, 0.15) is 5.56 Å². The first kappa shape index (κ1) is 12.3. The lowest BCUT2D eigenvalue weighted by Gasteiger charge is -2.17. The molecule has 0 unspecified atom stereocenters. The molecule has 0 bridgehead atoms. The molecule has 0 spiro atoms. The van der Waals surface area contributed by atoms with Crippen molar-refractivity contribution >= 4 is 5.82 Å². The van der Waals surface area contributed by atoms with Crippen LogP contribution in [-0.4, -0.2) is 26.8 Å². The van der Waals surface area contributed by atoms with Gasteiger partial charge in [-0.1, -0.05) is 12.1 Å². The van der Waals surface area contributed by atoms with Crippen LogP contribution in [0.2, 0.25) is 0 Å². The molecule has 0 amide bonds. The minimum absolute atomic E-state index is 0.790. The second kappa shape index (κ2) is 5.52. The lowest BCUT2D eigenvalue weighted by molar-refractivity contribution is 0.869. The topological polar surface area (TPSA) is 46.8 Å². The quantitative estimate of drug-likeness (QED) is 0.726. The Morgan fingerprint density at radius 1 is 1.10 bits per heavy atom. The van der Waals surface area contributed by atoms with Crippen LogP contribution in [-0.2, 0) is 6.54 Å². The van der Waals surface area contributed by atoms with Gasteiger partial charge in [-0.3, -0.25) is 4.98 Å². The van der Waals surface area contributed by atoms with Crippen molar-refractivity contribution in [3.8, 4) is 5.69 Å². The van der Waals surface area contributed by atoms with Crippen LogP contribution in [0.5, 0.6) is 0 Å². The number of benzene rings is 1. The first-order valence-corrected chi connectivity index (χ1v) is 6.39. The first-order valence-electron chi connectivity index (χ1n) is 6.39. The van der Waals surface area contributed by atoms with Gasteiger partial charge in [0.25, 0.3) is 0 Å². The molecule has 1 aromatic carbocycles. The van der Waals surface area contributed by atoms with Crippen LogP contribution < -0.4 is 4.90 Å². The average Bonchev–Trinajstić information content (AvgIpc) is 3.03. The van der Waals surface area contributed by atoms with E-state index >= 15 is 0 Å². The normalized spacial score (nSPS) is 10.4. The molecule has 3 rings (SSSR count). The summed E-state index contributed by atoms with van der Waals surface area (Å²) < 4.78 is 1.84. The van der Waals surface area contributed by atoms with Crippen molar-refractivity contribution < 1.29 is 0 Å². The Bertz CT molecular complexity index is 647. The molecule has 0 aliphatic rings. The van der Waals surface area contributed by atoms with E-state index in [-0.39, 0.29) is 0 Å². The minimum atomic E-state index is 0.790. The fourth-order valence-corrected chi connectivity index (χ4v) is 2.02. The van der Waals surface area contributed by atoms with E-state index in [0.717, 1.165) is 18.1 Å². The van der Waals surface area contributed by atoms with E-state index < -0.39 is 0 Å². The molecule has 0 N–H and O–H groups in total. The molecule has 3 aromatic rings. The SMILES string of the molecule is CN(Cc1ccc(-n2cccn2)cc1)c1cnccn1. The van der Waals surface area contributed by atoms with Crippen LogP contribution in [0.15, 0.2) is 61.3 Å². The predicted octanol–water partition coefficient (Wildman–Crippen LogP) is 2.30. The fourth-order valence-electron chi connectivity index (χ4n) is 2.02. The molecule has 2 aromatic heterocycles. The Hall–Kier alpha value is -2.69. The van der Waals surface area contributed by atoms with Crippen molar-refractivity contribution in [2.75, 3.05) is 11.9 Å². The Morgan fingerprint density at radius 2 is 1.95 bits per heavy atom. The van der Waals surface area contributed by atoms with Gasteiger partial charge in [-0.15, -0.1) is 0 Å². The monoisotopic (exact) mass is 265 g/mol. The molecule has 0 radical (unpaired) electrons. The van der Waals surface area contributed by atoms with Gasteiger partial charge in [-0.05, 0) is 23.8 Å². The molecule has 0 saturated heterocycles. The lowest BCUT2D eigenvalue weighted by Crippen LogP contribution is -2.17. The van der Waals surface area contributed by atoms with Gasteiger partial charge in [0.15, 0.2) is 0 Å². The maximum absolute atomic E-state index is 4.28. The zero-order valence-electron chi connectivity index (χ0n) is 11.2. The summed E-state index contributed by atoms with van der Waals surface area (Å²) in [6, 6.07) is 10.2. The van der Waals surface area contributed by atoms with Crippen molar-refractivity contribution in [3.63, 3.8) is 0 Å². The summed E-state index contributed by atoms with van der Waals surface area (Å²) in [6.45, 7) is 0.790. The summed E-state index contributed by atoms with van der Waals surface area (Å²) in [5, 5.41) is 4.21. The molecule has 0 aliphatic heterocycles. The summed E-state index contributed by atoms with van der Waals surface area (Å²) >= 11 is 0. The fraction of sp³-hybridized carbons (Fsp3) is 0.133. The third-order valence-corrected chi connectivity index (χ3v) is 3.07. The van der Waals surface area contributed by atoms with E-state index in [2.05, 4.69) is 44.2 Å². The Balaban J connectivity index is 1.72. The smallest absolute Gasteiger partial charge is 0.147 e. The third-order valence-electron chi connectivity index (χ3n) is 3.07. The molecule has 5 nitrogen and oxygen atoms in total. The van der Waals surface area contributed by atoms with Gasteiger partial charge in [0.1, 0.15) is 5.82 Å². The number of hydrogen-bond donors (Lipinski definition) is 0. The average molecular weight is 265 g/mol. The highest BCUT2D eigenvalue weighted by atomic mass is 15.3. The summed E-state index contributed by atoms with van der Waals surface area (Å²) in [4.78, 5) is 10.4. The van der Waals surface area contributed by atoms with Gasteiger partial charge in [0.2, 0.25) is 0 Å². The predicted molar refractivity (Wildman–Crippen MR) is 77.7 cm³/mol. The van der Waals surface area contributed by atoms with Crippen LogP contribution in [0.3, 0.4) is 0 Å². The molecule has 5 heteroatoms. The van der Waals surface area contributed by atoms with Crippen LogP contribution >= 0.6 is 0 Å². The molecule has 20 heavy (non-hydrogen) atoms. The van der Waals surface area contributed by atoms with Crippen molar-refractivity contribution in [2.24, 2.45) is 0 Å². The van der Waals surface area contributed by atoms with Crippen molar-refractivity contribution in [1.29, 1.82) is 0 Å². The highest BCUT2D eigenvalue weighted by Crippen LogP contribution is 2.13. The minimum Gasteiger partial charge on any atom is -0.354 e. The number of hydrogen-bond acceptors (Lipinski definition) is 4. The van der Waals surface area contributed by atoms with E-state index in [1.165, 1.54) is 5.56 Å². The van der Waals surface area contributed by atoms with Crippen LogP contribution in [0.25, 0.3) is 5.69 Å². The summed E-state index contributed by atoms with van der Waals surface area (Å²) in [5.41, 5.74) is 2.27. The molecule has 0 saturated carbocycles. The van der Waals surface area contributed by atoms with E-state index in [0.29, 0.717) is 0 Å². The molecule has 2 heterocycles. The zero-order valence-corrected chi connectivity index (χ0v) is 11.2. The summed E-state index contributed by atoms with van der Waals surface area (Å²) in [5.74, 6) is 0.864. The Kier molecular flexibility index (Phi) is 3.41. The van der Waals surface area contributed by atoms with Gasteiger partial charge in [-0.2, -0.15) is 5.10 Å². The van der Waals surface area contributed by atoms with Gasteiger partial charge in [-0.25, -0.2) is 9.67 Å². The first-order chi connectivity index (χ1) is 9.83. The van der Waals surface area contributed by atoms with Crippen LogP contribution in [0.4, 0.5) is 5.82 Å². The van der Waals surface area contributed by atoms with Crippen LogP contribution in [0, 0.1) is 0 Å². The highest BCUT2D eigenvalue weighted by Gasteiger charge is 2.03. The van der Waals surface area contributed by atoms with E-state index in [1.54, 1.807) is 24.8 Å². The molecule has 0 fully saturated rings. The number of aromatic nitrogens is 4. The summed E-state index contributed by atoms with van der Waals surface area (Å²) in [6.07, 6.45) is 8.84. The Labute approximate surface area is 117 Å². The van der Waals surface area contributed by atoms with Gasteiger partial charge in [0, 0.05) is 38.4 Å². The van der Waals surface area contributed by atoms with Gasteiger partial charge < -0.3 is 4.90 Å². The van der Waals surface area contributed by atoms with E-state index in [1.807, 2.05) is 24.0 Å². The van der Waals surface area contributed by atoms with E-state index in [4.69, 9.17) is 0 Å². The highest BCUT2D eigenvalue weighted by molar-refractivity contribution is 5.38. The van der Waals surface area contributed by atoms with E-state index in [9.17, 15) is 0 Å². The molecule has 100 valence electrons. The molecular formula is C15H15N5. The Morgan fingerprint density at radius 3 is 2.60 bits per heavy atom. The maximum Gasteiger partial charge on any atom is 0.147 e. The molecular weight excluding hydrogens is 250 g/mol. The number of anilines is 1. The standard InChI is InChI=1S/C15H15N5/c1-19(15-11-16-8-9-17-15)12-13-3-5-14(6-4-13)20-10-2-7-18-20/h2-11H,12H2,1H3. The molecule has 0 aliphatic carbocycles. The second-order valence-corrected chi connectivity index (χ2v) is 4.54. The van der Waals surface area contributed by atoms with Crippen molar-refractivity contribution in [3.05, 3.63) is 66.9 Å². The largest absolute Gasteiger partial charge is 0.354 e. The molecule has 0 atom stereocenters. The van der Waals surface area contributed by atoms with Crippen molar-refractivity contribution in [1.82, 2.24) is 19.7 Å². The third kappa shape index (κ3) is 2.66. The number of rotatable bonds is 4. The second-order valence-electron chi connectivity index (χ2n) is 4.54. The lowest BCUT2D eigenvalue weighted by atomic mass is 10.2. The van der Waals surface area contributed by atoms with Gasteiger partial charge in [0.05, 0.1) is 11.9 Å².